The zero-order valence-corrected chi connectivity index (χ0v) is 14.2. The number of fused-ring (bicyclic) bond motifs is 1. The summed E-state index contributed by atoms with van der Waals surface area (Å²) in [6, 6.07) is 8.30. The topological polar surface area (TPSA) is 42.0 Å². The predicted octanol–water partition coefficient (Wildman–Crippen LogP) is 2.05. The van der Waals surface area contributed by atoms with E-state index in [1.807, 2.05) is 11.0 Å². The Morgan fingerprint density at radius 2 is 1.83 bits per heavy atom. The molecule has 0 aliphatic carbocycles. The van der Waals surface area contributed by atoms with Crippen molar-refractivity contribution in [1.82, 2.24) is 4.90 Å². The molecule has 0 spiro atoms. The van der Waals surface area contributed by atoms with E-state index < -0.39 is 0 Å². The third-order valence-electron chi connectivity index (χ3n) is 5.43. The molecule has 2 fully saturated rings. The molecule has 1 aromatic rings. The maximum absolute atomic E-state index is 12.8. The number of rotatable bonds is 3. The van der Waals surface area contributed by atoms with E-state index in [1.165, 1.54) is 5.56 Å². The van der Waals surface area contributed by atoms with Crippen LogP contribution in [0.5, 0.6) is 0 Å². The summed E-state index contributed by atoms with van der Waals surface area (Å²) in [4.78, 5) is 17.1. The average Bonchev–Trinajstić information content (AvgIpc) is 3.16. The molecule has 1 aromatic carbocycles. The summed E-state index contributed by atoms with van der Waals surface area (Å²) in [6.07, 6.45) is 4.22. The van der Waals surface area contributed by atoms with Crippen molar-refractivity contribution >= 4 is 11.6 Å². The predicted molar refractivity (Wildman–Crippen MR) is 92.0 cm³/mol. The first-order chi connectivity index (χ1) is 11.8. The van der Waals surface area contributed by atoms with Gasteiger partial charge in [0.25, 0.3) is 0 Å². The van der Waals surface area contributed by atoms with Crippen molar-refractivity contribution in [1.29, 1.82) is 0 Å². The molecular weight excluding hydrogens is 304 g/mol. The molecule has 3 heterocycles. The summed E-state index contributed by atoms with van der Waals surface area (Å²) in [7, 11) is 0. The van der Waals surface area contributed by atoms with E-state index >= 15 is 0 Å². The van der Waals surface area contributed by atoms with E-state index in [4.69, 9.17) is 9.47 Å². The first-order valence-electron chi connectivity index (χ1n) is 9.15. The van der Waals surface area contributed by atoms with Crippen LogP contribution in [0.25, 0.3) is 0 Å². The number of para-hydroxylation sites is 1. The lowest BCUT2D eigenvalue weighted by molar-refractivity contribution is -0.121. The molecule has 0 aromatic heterocycles. The van der Waals surface area contributed by atoms with Gasteiger partial charge in [-0.25, -0.2) is 0 Å². The number of carbonyl (C=O) groups excluding carboxylic acids is 1. The standard InChI is InChI=1S/C19H26N2O3/c22-18(21-9-3-5-15-4-1-2-6-17(15)21)14-20-10-7-16(8-11-20)19-23-12-13-24-19/h1-2,4,6,16,19H,3,5,7-14H2. The molecule has 24 heavy (non-hydrogen) atoms. The fourth-order valence-electron chi connectivity index (χ4n) is 4.10. The van der Waals surface area contributed by atoms with E-state index in [-0.39, 0.29) is 12.2 Å². The van der Waals surface area contributed by atoms with Crippen molar-refractivity contribution in [3.05, 3.63) is 29.8 Å². The Labute approximate surface area is 143 Å². The highest BCUT2D eigenvalue weighted by molar-refractivity contribution is 5.95. The second kappa shape index (κ2) is 7.21. The van der Waals surface area contributed by atoms with Gasteiger partial charge in [0.2, 0.25) is 5.91 Å². The molecule has 2 saturated heterocycles. The fraction of sp³-hybridized carbons (Fsp3) is 0.632. The molecule has 0 atom stereocenters. The van der Waals surface area contributed by atoms with Crippen LogP contribution in [-0.4, -0.2) is 56.5 Å². The molecule has 4 rings (SSSR count). The number of aryl methyl sites for hydroxylation is 1. The lowest BCUT2D eigenvalue weighted by Gasteiger charge is -2.35. The molecule has 0 saturated carbocycles. The Morgan fingerprint density at radius 3 is 2.62 bits per heavy atom. The van der Waals surface area contributed by atoms with E-state index in [0.29, 0.717) is 12.5 Å². The molecule has 0 radical (unpaired) electrons. The van der Waals surface area contributed by atoms with Gasteiger partial charge < -0.3 is 14.4 Å². The van der Waals surface area contributed by atoms with Gasteiger partial charge in [-0.05, 0) is 50.4 Å². The first kappa shape index (κ1) is 16.1. The Bertz CT molecular complexity index is 578. The number of carbonyl (C=O) groups is 1. The van der Waals surface area contributed by atoms with Crippen molar-refractivity contribution in [2.45, 2.75) is 32.0 Å². The lowest BCUT2D eigenvalue weighted by Crippen LogP contribution is -2.46. The van der Waals surface area contributed by atoms with Crippen molar-refractivity contribution in [2.24, 2.45) is 5.92 Å². The molecule has 0 bridgehead atoms. The molecule has 0 N–H and O–H groups in total. The highest BCUT2D eigenvalue weighted by Gasteiger charge is 2.31. The smallest absolute Gasteiger partial charge is 0.241 e. The molecule has 130 valence electrons. The number of hydrogen-bond donors (Lipinski definition) is 0. The summed E-state index contributed by atoms with van der Waals surface area (Å²) in [6.45, 7) is 4.71. The van der Waals surface area contributed by atoms with E-state index in [0.717, 1.165) is 64.2 Å². The highest BCUT2D eigenvalue weighted by atomic mass is 16.7. The minimum absolute atomic E-state index is 0.0168. The number of ether oxygens (including phenoxy) is 2. The van der Waals surface area contributed by atoms with Crippen LogP contribution in [0.15, 0.2) is 24.3 Å². The summed E-state index contributed by atoms with van der Waals surface area (Å²) in [5, 5.41) is 0. The van der Waals surface area contributed by atoms with Gasteiger partial charge in [0.05, 0.1) is 19.8 Å². The Hall–Kier alpha value is -1.43. The number of nitrogens with zero attached hydrogens (tertiary/aromatic N) is 2. The van der Waals surface area contributed by atoms with E-state index in [1.54, 1.807) is 0 Å². The Balaban J connectivity index is 1.33. The van der Waals surface area contributed by atoms with Crippen molar-refractivity contribution in [2.75, 3.05) is 44.3 Å². The molecule has 5 heteroatoms. The van der Waals surface area contributed by atoms with Crippen LogP contribution in [0.1, 0.15) is 24.8 Å². The molecule has 3 aliphatic rings. The minimum atomic E-state index is -0.0168. The summed E-state index contributed by atoms with van der Waals surface area (Å²) < 4.78 is 11.3. The number of likely N-dealkylation sites (tertiary alicyclic amines) is 1. The minimum Gasteiger partial charge on any atom is -0.350 e. The normalized spacial score (nSPS) is 23.4. The van der Waals surface area contributed by atoms with Gasteiger partial charge in [-0.3, -0.25) is 9.69 Å². The number of hydrogen-bond acceptors (Lipinski definition) is 4. The highest BCUT2D eigenvalue weighted by Crippen LogP contribution is 2.28. The van der Waals surface area contributed by atoms with Crippen LogP contribution in [0.4, 0.5) is 5.69 Å². The van der Waals surface area contributed by atoms with Gasteiger partial charge in [0.1, 0.15) is 0 Å². The lowest BCUT2D eigenvalue weighted by atomic mass is 9.96. The number of piperidine rings is 1. The van der Waals surface area contributed by atoms with Gasteiger partial charge in [0.15, 0.2) is 6.29 Å². The maximum atomic E-state index is 12.8. The summed E-state index contributed by atoms with van der Waals surface area (Å²) in [5.74, 6) is 0.712. The third kappa shape index (κ3) is 3.34. The van der Waals surface area contributed by atoms with Crippen molar-refractivity contribution in [3.8, 4) is 0 Å². The third-order valence-corrected chi connectivity index (χ3v) is 5.43. The van der Waals surface area contributed by atoms with Crippen LogP contribution in [0.2, 0.25) is 0 Å². The Morgan fingerprint density at radius 1 is 1.08 bits per heavy atom. The van der Waals surface area contributed by atoms with Crippen molar-refractivity contribution in [3.63, 3.8) is 0 Å². The molecular formula is C19H26N2O3. The second-order valence-electron chi connectivity index (χ2n) is 7.00. The zero-order chi connectivity index (χ0) is 16.4. The second-order valence-corrected chi connectivity index (χ2v) is 7.00. The summed E-state index contributed by atoms with van der Waals surface area (Å²) >= 11 is 0. The molecule has 5 nitrogen and oxygen atoms in total. The van der Waals surface area contributed by atoms with Crippen LogP contribution in [0.3, 0.4) is 0 Å². The van der Waals surface area contributed by atoms with Gasteiger partial charge in [0, 0.05) is 18.2 Å². The van der Waals surface area contributed by atoms with Gasteiger partial charge in [-0.15, -0.1) is 0 Å². The van der Waals surface area contributed by atoms with Crippen LogP contribution < -0.4 is 4.90 Å². The fourth-order valence-corrected chi connectivity index (χ4v) is 4.10. The number of benzene rings is 1. The maximum Gasteiger partial charge on any atom is 0.241 e. The Kier molecular flexibility index (Phi) is 4.83. The monoisotopic (exact) mass is 330 g/mol. The molecule has 0 unspecified atom stereocenters. The quantitative estimate of drug-likeness (QED) is 0.851. The summed E-state index contributed by atoms with van der Waals surface area (Å²) in [5.41, 5.74) is 2.41. The first-order valence-corrected chi connectivity index (χ1v) is 9.15. The van der Waals surface area contributed by atoms with Gasteiger partial charge >= 0.3 is 0 Å². The van der Waals surface area contributed by atoms with E-state index in [9.17, 15) is 4.79 Å². The van der Waals surface area contributed by atoms with E-state index in [2.05, 4.69) is 23.1 Å². The number of amides is 1. The number of anilines is 1. The molecule has 1 amide bonds. The largest absolute Gasteiger partial charge is 0.350 e. The SMILES string of the molecule is O=C(CN1CCC(C2OCCO2)CC1)N1CCCc2ccccc21. The van der Waals surface area contributed by atoms with Gasteiger partial charge in [-0.2, -0.15) is 0 Å². The van der Waals surface area contributed by atoms with Crippen LogP contribution in [-0.2, 0) is 20.7 Å². The zero-order valence-electron chi connectivity index (χ0n) is 14.2. The van der Waals surface area contributed by atoms with Gasteiger partial charge in [-0.1, -0.05) is 18.2 Å². The average molecular weight is 330 g/mol. The molecule has 3 aliphatic heterocycles. The van der Waals surface area contributed by atoms with Crippen LogP contribution >= 0.6 is 0 Å². The van der Waals surface area contributed by atoms with Crippen LogP contribution in [0, 0.1) is 5.92 Å². The van der Waals surface area contributed by atoms with Crippen molar-refractivity contribution < 1.29 is 14.3 Å².